The number of hydrogen-bond donors (Lipinski definition) is 0. The third-order valence-corrected chi connectivity index (χ3v) is 5.75. The molecule has 0 radical (unpaired) electrons. The second kappa shape index (κ2) is 7.18. The van der Waals surface area contributed by atoms with Crippen LogP contribution in [0.5, 0.6) is 0 Å². The molecule has 2 aromatic rings. The Hall–Kier alpha value is -2.62. The molecule has 140 valence electrons. The molecule has 4 nitrogen and oxygen atoms in total. The Kier molecular flexibility index (Phi) is 4.73. The van der Waals surface area contributed by atoms with Crippen LogP contribution in [0.25, 0.3) is 0 Å². The highest BCUT2D eigenvalue weighted by atomic mass is 16.2. The molecule has 4 heteroatoms. The van der Waals surface area contributed by atoms with Gasteiger partial charge in [0.25, 0.3) is 0 Å². The molecule has 0 aromatic heterocycles. The fourth-order valence-electron chi connectivity index (χ4n) is 4.17. The van der Waals surface area contributed by atoms with E-state index in [2.05, 4.69) is 32.0 Å². The Labute approximate surface area is 160 Å². The monoisotopic (exact) mass is 362 g/mol. The number of fused-ring (bicyclic) bond motifs is 1. The summed E-state index contributed by atoms with van der Waals surface area (Å²) in [6.07, 6.45) is 1.92. The van der Waals surface area contributed by atoms with Crippen molar-refractivity contribution in [1.82, 2.24) is 4.90 Å². The highest BCUT2D eigenvalue weighted by molar-refractivity contribution is 6.03. The first-order valence-electron chi connectivity index (χ1n) is 9.82. The Balaban J connectivity index is 1.56. The fourth-order valence-corrected chi connectivity index (χ4v) is 4.17. The molecule has 2 aromatic carbocycles. The summed E-state index contributed by atoms with van der Waals surface area (Å²) in [5, 5.41) is 0. The summed E-state index contributed by atoms with van der Waals surface area (Å²) >= 11 is 0. The van der Waals surface area contributed by atoms with Crippen molar-refractivity contribution in [1.29, 1.82) is 0 Å². The molecule has 2 heterocycles. The molecule has 2 aliphatic rings. The standard InChI is InChI=1S/C23H26N2O2/c1-16(2)18-9-8-17-12-13-24(15-19(17)14-18)23(27)21-10-11-22(26)25(21)20-6-4-3-5-7-20/h3-9,14,16,21H,10-13,15H2,1-2H3. The van der Waals surface area contributed by atoms with Crippen LogP contribution < -0.4 is 4.90 Å². The van der Waals surface area contributed by atoms with E-state index < -0.39 is 0 Å². The van der Waals surface area contributed by atoms with Crippen molar-refractivity contribution in [3.63, 3.8) is 0 Å². The normalized spacial score (nSPS) is 19.5. The van der Waals surface area contributed by atoms with Crippen LogP contribution in [0.3, 0.4) is 0 Å². The van der Waals surface area contributed by atoms with E-state index in [4.69, 9.17) is 0 Å². The van der Waals surface area contributed by atoms with E-state index in [1.54, 1.807) is 4.90 Å². The van der Waals surface area contributed by atoms with Crippen molar-refractivity contribution in [2.45, 2.75) is 51.6 Å². The Morgan fingerprint density at radius 2 is 1.81 bits per heavy atom. The number of para-hydroxylation sites is 1. The molecule has 0 bridgehead atoms. The van der Waals surface area contributed by atoms with Gasteiger partial charge in [-0.1, -0.05) is 50.2 Å². The third kappa shape index (κ3) is 3.36. The van der Waals surface area contributed by atoms with Gasteiger partial charge in [0.05, 0.1) is 0 Å². The minimum absolute atomic E-state index is 0.0408. The van der Waals surface area contributed by atoms with Crippen molar-refractivity contribution in [3.05, 3.63) is 65.2 Å². The second-order valence-electron chi connectivity index (χ2n) is 7.85. The zero-order valence-electron chi connectivity index (χ0n) is 16.0. The first-order valence-corrected chi connectivity index (χ1v) is 9.82. The van der Waals surface area contributed by atoms with Gasteiger partial charge in [0, 0.05) is 25.2 Å². The SMILES string of the molecule is CC(C)c1ccc2c(c1)CN(C(=O)C1CCC(=O)N1c1ccccc1)CC2. The maximum Gasteiger partial charge on any atom is 0.246 e. The van der Waals surface area contributed by atoms with Gasteiger partial charge in [0.15, 0.2) is 0 Å². The van der Waals surface area contributed by atoms with E-state index in [9.17, 15) is 9.59 Å². The van der Waals surface area contributed by atoms with E-state index in [0.29, 0.717) is 25.3 Å². The molecule has 0 spiro atoms. The molecule has 1 unspecified atom stereocenters. The molecule has 1 atom stereocenters. The first-order chi connectivity index (χ1) is 13.0. The number of carbonyl (C=O) groups excluding carboxylic acids is 2. The van der Waals surface area contributed by atoms with Gasteiger partial charge in [0.2, 0.25) is 11.8 Å². The quantitative estimate of drug-likeness (QED) is 0.831. The van der Waals surface area contributed by atoms with Crippen LogP contribution >= 0.6 is 0 Å². The van der Waals surface area contributed by atoms with E-state index in [0.717, 1.165) is 18.7 Å². The Morgan fingerprint density at radius 1 is 1.04 bits per heavy atom. The molecule has 1 saturated heterocycles. The first kappa shape index (κ1) is 17.8. The van der Waals surface area contributed by atoms with Crippen molar-refractivity contribution < 1.29 is 9.59 Å². The molecular weight excluding hydrogens is 336 g/mol. The minimum Gasteiger partial charge on any atom is -0.336 e. The summed E-state index contributed by atoms with van der Waals surface area (Å²) in [6.45, 7) is 5.74. The van der Waals surface area contributed by atoms with Gasteiger partial charge in [-0.25, -0.2) is 0 Å². The molecule has 27 heavy (non-hydrogen) atoms. The lowest BCUT2D eigenvalue weighted by molar-refractivity contribution is -0.134. The maximum absolute atomic E-state index is 13.3. The third-order valence-electron chi connectivity index (χ3n) is 5.75. The summed E-state index contributed by atoms with van der Waals surface area (Å²) in [5.74, 6) is 0.590. The van der Waals surface area contributed by atoms with Crippen LogP contribution in [0.15, 0.2) is 48.5 Å². The van der Waals surface area contributed by atoms with Gasteiger partial charge < -0.3 is 4.90 Å². The Morgan fingerprint density at radius 3 is 2.56 bits per heavy atom. The second-order valence-corrected chi connectivity index (χ2v) is 7.85. The van der Waals surface area contributed by atoms with E-state index in [-0.39, 0.29) is 17.9 Å². The van der Waals surface area contributed by atoms with Gasteiger partial charge in [-0.05, 0) is 47.6 Å². The summed E-state index contributed by atoms with van der Waals surface area (Å²) in [4.78, 5) is 29.4. The lowest BCUT2D eigenvalue weighted by Crippen LogP contribution is -2.48. The highest BCUT2D eigenvalue weighted by Gasteiger charge is 2.39. The maximum atomic E-state index is 13.3. The number of carbonyl (C=O) groups is 2. The van der Waals surface area contributed by atoms with Gasteiger partial charge in [-0.15, -0.1) is 0 Å². The topological polar surface area (TPSA) is 40.6 Å². The van der Waals surface area contributed by atoms with Crippen LogP contribution in [0.1, 0.15) is 49.3 Å². The molecular formula is C23H26N2O2. The van der Waals surface area contributed by atoms with Crippen molar-refractivity contribution >= 4 is 17.5 Å². The molecule has 1 fully saturated rings. The lowest BCUT2D eigenvalue weighted by Gasteiger charge is -2.34. The molecule has 0 N–H and O–H groups in total. The minimum atomic E-state index is -0.380. The van der Waals surface area contributed by atoms with Crippen molar-refractivity contribution in [2.24, 2.45) is 0 Å². The molecule has 2 aliphatic heterocycles. The van der Waals surface area contributed by atoms with E-state index in [1.807, 2.05) is 35.2 Å². The summed E-state index contributed by atoms with van der Waals surface area (Å²) in [5.41, 5.74) is 4.71. The summed E-state index contributed by atoms with van der Waals surface area (Å²) in [7, 11) is 0. The summed E-state index contributed by atoms with van der Waals surface area (Å²) in [6, 6.07) is 15.8. The lowest BCUT2D eigenvalue weighted by atomic mass is 9.93. The molecule has 2 amide bonds. The fraction of sp³-hybridized carbons (Fsp3) is 0.391. The van der Waals surface area contributed by atoms with Crippen molar-refractivity contribution in [3.8, 4) is 0 Å². The van der Waals surface area contributed by atoms with Crippen LogP contribution in [-0.2, 0) is 22.6 Å². The Bertz CT molecular complexity index is 860. The predicted octanol–water partition coefficient (Wildman–Crippen LogP) is 3.89. The van der Waals surface area contributed by atoms with Gasteiger partial charge in [0.1, 0.15) is 6.04 Å². The molecule has 0 saturated carbocycles. The van der Waals surface area contributed by atoms with E-state index in [1.165, 1.54) is 16.7 Å². The highest BCUT2D eigenvalue weighted by Crippen LogP contribution is 2.30. The average molecular weight is 362 g/mol. The molecule has 0 aliphatic carbocycles. The summed E-state index contributed by atoms with van der Waals surface area (Å²) < 4.78 is 0. The van der Waals surface area contributed by atoms with Gasteiger partial charge >= 0.3 is 0 Å². The smallest absolute Gasteiger partial charge is 0.246 e. The number of anilines is 1. The van der Waals surface area contributed by atoms with Crippen LogP contribution in [0.2, 0.25) is 0 Å². The van der Waals surface area contributed by atoms with Gasteiger partial charge in [-0.3, -0.25) is 14.5 Å². The van der Waals surface area contributed by atoms with Gasteiger partial charge in [-0.2, -0.15) is 0 Å². The average Bonchev–Trinajstić information content (AvgIpc) is 3.08. The van der Waals surface area contributed by atoms with E-state index >= 15 is 0 Å². The van der Waals surface area contributed by atoms with Crippen LogP contribution in [0, 0.1) is 0 Å². The number of nitrogens with zero attached hydrogens (tertiary/aromatic N) is 2. The van der Waals surface area contributed by atoms with Crippen molar-refractivity contribution in [2.75, 3.05) is 11.4 Å². The van der Waals surface area contributed by atoms with Crippen LogP contribution in [0.4, 0.5) is 5.69 Å². The number of amides is 2. The largest absolute Gasteiger partial charge is 0.336 e. The predicted molar refractivity (Wildman–Crippen MR) is 107 cm³/mol. The zero-order valence-corrected chi connectivity index (χ0v) is 16.0. The number of benzene rings is 2. The molecule has 4 rings (SSSR count). The zero-order chi connectivity index (χ0) is 19.0. The van der Waals surface area contributed by atoms with Crippen LogP contribution in [-0.4, -0.2) is 29.3 Å². The number of rotatable bonds is 3. The number of hydrogen-bond acceptors (Lipinski definition) is 2.